The van der Waals surface area contributed by atoms with Gasteiger partial charge < -0.3 is 5.32 Å². The Morgan fingerprint density at radius 3 is 2.69 bits per heavy atom. The van der Waals surface area contributed by atoms with E-state index in [0.29, 0.717) is 29.2 Å². The molecular weight excluding hydrogens is 373 g/mol. The van der Waals surface area contributed by atoms with Crippen LogP contribution in [0.15, 0.2) is 36.5 Å². The highest BCUT2D eigenvalue weighted by atomic mass is 32.1. The summed E-state index contributed by atoms with van der Waals surface area (Å²) in [4.78, 5) is 30.2. The lowest BCUT2D eigenvalue weighted by Gasteiger charge is -2.05. The van der Waals surface area contributed by atoms with Crippen molar-refractivity contribution >= 4 is 33.1 Å². The van der Waals surface area contributed by atoms with E-state index in [4.69, 9.17) is 0 Å². The Hall–Kier alpha value is -3.08. The van der Waals surface area contributed by atoms with Crippen LogP contribution in [0.2, 0.25) is 0 Å². The van der Waals surface area contributed by atoms with Gasteiger partial charge in [0.25, 0.3) is 11.6 Å². The predicted octanol–water partition coefficient (Wildman–Crippen LogP) is 3.55. The third kappa shape index (κ3) is 3.61. The van der Waals surface area contributed by atoms with E-state index in [1.165, 1.54) is 0 Å². The molecule has 0 saturated carbocycles. The van der Waals surface area contributed by atoms with E-state index in [0.717, 1.165) is 0 Å². The molecule has 0 saturated heterocycles. The van der Waals surface area contributed by atoms with Gasteiger partial charge in [-0.3, -0.25) is 19.9 Å². The van der Waals surface area contributed by atoms with Crippen molar-refractivity contribution < 1.29 is 22.9 Å². The Morgan fingerprint density at radius 1 is 1.31 bits per heavy atom. The van der Waals surface area contributed by atoms with E-state index in [2.05, 4.69) is 15.3 Å². The first kappa shape index (κ1) is 17.7. The summed E-state index contributed by atoms with van der Waals surface area (Å²) in [6.45, 7) is 0.0888. The van der Waals surface area contributed by atoms with Crippen LogP contribution in [0.5, 0.6) is 0 Å². The molecule has 1 amide bonds. The first-order valence-electron chi connectivity index (χ1n) is 7.10. The molecule has 0 atom stereocenters. The van der Waals surface area contributed by atoms with Crippen molar-refractivity contribution in [2.24, 2.45) is 0 Å². The highest BCUT2D eigenvalue weighted by Crippen LogP contribution is 2.38. The molecule has 26 heavy (non-hydrogen) atoms. The Labute approximate surface area is 147 Å². The molecule has 0 unspecified atom stereocenters. The number of pyridine rings is 1. The summed E-state index contributed by atoms with van der Waals surface area (Å²) >= 11 is 0.662. The first-order valence-corrected chi connectivity index (χ1v) is 7.91. The molecule has 2 aromatic heterocycles. The molecule has 0 spiro atoms. The minimum Gasteiger partial charge on any atom is -0.344 e. The maximum atomic E-state index is 12.9. The minimum absolute atomic E-state index is 0.0888. The second kappa shape index (κ2) is 6.67. The molecule has 3 aromatic rings. The molecule has 7 nitrogen and oxygen atoms in total. The van der Waals surface area contributed by atoms with Crippen LogP contribution in [0.1, 0.15) is 21.1 Å². The smallest absolute Gasteiger partial charge is 0.344 e. The number of nitrogens with one attached hydrogen (secondary N) is 1. The maximum Gasteiger partial charge on any atom is 0.416 e. The van der Waals surface area contributed by atoms with E-state index in [1.54, 1.807) is 24.4 Å². The summed E-state index contributed by atoms with van der Waals surface area (Å²) in [5.41, 5.74) is -1.61. The number of aromatic nitrogens is 2. The number of benzene rings is 1. The van der Waals surface area contributed by atoms with Crippen LogP contribution in [-0.4, -0.2) is 20.8 Å². The van der Waals surface area contributed by atoms with Crippen LogP contribution in [0, 0.1) is 10.1 Å². The van der Waals surface area contributed by atoms with E-state index in [9.17, 15) is 28.1 Å². The second-order valence-corrected chi connectivity index (χ2v) is 6.12. The molecule has 1 N–H and O–H groups in total. The van der Waals surface area contributed by atoms with Crippen molar-refractivity contribution in [3.8, 4) is 0 Å². The fraction of sp³-hybridized carbons (Fsp3) is 0.133. The molecule has 0 aliphatic rings. The van der Waals surface area contributed by atoms with Gasteiger partial charge in [-0.1, -0.05) is 6.07 Å². The Morgan fingerprint density at radius 2 is 2.08 bits per heavy atom. The standard InChI is InChI=1S/C15H9F3N4O3S/c16-15(17,18)8-5-10-12(11(6-8)22(24)25)26-14(21-10)13(23)20-7-9-3-1-2-4-19-9/h1-6H,7H2,(H,20,23). The van der Waals surface area contributed by atoms with Gasteiger partial charge in [-0.25, -0.2) is 4.98 Å². The van der Waals surface area contributed by atoms with Gasteiger partial charge in [-0.15, -0.1) is 11.3 Å². The Balaban J connectivity index is 1.94. The number of nitrogens with zero attached hydrogens (tertiary/aromatic N) is 3. The van der Waals surface area contributed by atoms with Gasteiger partial charge in [-0.2, -0.15) is 13.2 Å². The number of nitro groups is 1. The van der Waals surface area contributed by atoms with Gasteiger partial charge in [0, 0.05) is 12.3 Å². The van der Waals surface area contributed by atoms with Gasteiger partial charge in [0.15, 0.2) is 5.01 Å². The summed E-state index contributed by atoms with van der Waals surface area (Å²) in [7, 11) is 0. The highest BCUT2D eigenvalue weighted by Gasteiger charge is 2.34. The summed E-state index contributed by atoms with van der Waals surface area (Å²) in [6, 6.07) is 6.24. The molecule has 0 bridgehead atoms. The molecule has 3 rings (SSSR count). The molecule has 0 radical (unpaired) electrons. The van der Waals surface area contributed by atoms with Crippen molar-refractivity contribution in [1.29, 1.82) is 0 Å². The number of halogens is 3. The summed E-state index contributed by atoms with van der Waals surface area (Å²) in [5.74, 6) is -0.653. The predicted molar refractivity (Wildman–Crippen MR) is 86.7 cm³/mol. The number of carbonyl (C=O) groups excluding carboxylic acids is 1. The van der Waals surface area contributed by atoms with E-state index < -0.39 is 28.3 Å². The van der Waals surface area contributed by atoms with Crippen molar-refractivity contribution in [3.05, 3.63) is 62.9 Å². The molecule has 134 valence electrons. The zero-order valence-corrected chi connectivity index (χ0v) is 13.6. The normalized spacial score (nSPS) is 11.5. The van der Waals surface area contributed by atoms with Crippen molar-refractivity contribution in [1.82, 2.24) is 15.3 Å². The molecule has 11 heteroatoms. The molecule has 0 aliphatic heterocycles. The lowest BCUT2D eigenvalue weighted by atomic mass is 10.2. The maximum absolute atomic E-state index is 12.9. The topological polar surface area (TPSA) is 98.0 Å². The van der Waals surface area contributed by atoms with Gasteiger partial charge in [0.1, 0.15) is 4.70 Å². The SMILES string of the molecule is O=C(NCc1ccccn1)c1nc2cc(C(F)(F)F)cc([N+](=O)[O-])c2s1. The Bertz CT molecular complexity index is 989. The molecule has 1 aromatic carbocycles. The summed E-state index contributed by atoms with van der Waals surface area (Å²) in [6.07, 6.45) is -3.22. The highest BCUT2D eigenvalue weighted by molar-refractivity contribution is 7.20. The fourth-order valence-electron chi connectivity index (χ4n) is 2.16. The average Bonchev–Trinajstić information content (AvgIpc) is 3.03. The molecule has 0 aliphatic carbocycles. The van der Waals surface area contributed by atoms with Gasteiger partial charge >= 0.3 is 6.18 Å². The zero-order valence-electron chi connectivity index (χ0n) is 12.8. The minimum atomic E-state index is -4.76. The van der Waals surface area contributed by atoms with Gasteiger partial charge in [0.2, 0.25) is 0 Å². The third-order valence-corrected chi connectivity index (χ3v) is 4.44. The monoisotopic (exact) mass is 382 g/mol. The molecule has 2 heterocycles. The zero-order chi connectivity index (χ0) is 18.9. The van der Waals surface area contributed by atoms with E-state index in [1.807, 2.05) is 0 Å². The summed E-state index contributed by atoms with van der Waals surface area (Å²) in [5, 5.41) is 13.4. The molecular formula is C15H9F3N4O3S. The van der Waals surface area contributed by atoms with Crippen LogP contribution in [0.25, 0.3) is 10.2 Å². The van der Waals surface area contributed by atoms with Gasteiger partial charge in [-0.05, 0) is 18.2 Å². The number of non-ortho nitro benzene ring substituents is 1. The number of amides is 1. The fourth-order valence-corrected chi connectivity index (χ4v) is 3.11. The number of alkyl halides is 3. The van der Waals surface area contributed by atoms with E-state index in [-0.39, 0.29) is 21.8 Å². The Kier molecular flexibility index (Phi) is 4.55. The largest absolute Gasteiger partial charge is 0.416 e. The first-order chi connectivity index (χ1) is 12.3. The van der Waals surface area contributed by atoms with Crippen molar-refractivity contribution in [2.75, 3.05) is 0 Å². The number of fused-ring (bicyclic) bond motifs is 1. The lowest BCUT2D eigenvalue weighted by molar-refractivity contribution is -0.383. The van der Waals surface area contributed by atoms with Crippen LogP contribution in [0.3, 0.4) is 0 Å². The number of hydrogen-bond acceptors (Lipinski definition) is 6. The second-order valence-electron chi connectivity index (χ2n) is 5.12. The number of carbonyl (C=O) groups is 1. The van der Waals surface area contributed by atoms with Crippen molar-refractivity contribution in [2.45, 2.75) is 12.7 Å². The summed E-state index contributed by atoms with van der Waals surface area (Å²) < 4.78 is 38.6. The number of thiazole rings is 1. The lowest BCUT2D eigenvalue weighted by Crippen LogP contribution is -2.23. The van der Waals surface area contributed by atoms with Gasteiger partial charge in [0.05, 0.1) is 28.2 Å². The average molecular weight is 382 g/mol. The van der Waals surface area contributed by atoms with Crippen LogP contribution in [0.4, 0.5) is 18.9 Å². The van der Waals surface area contributed by atoms with Crippen molar-refractivity contribution in [3.63, 3.8) is 0 Å². The quantitative estimate of drug-likeness (QED) is 0.550. The molecule has 0 fully saturated rings. The van der Waals surface area contributed by atoms with Crippen LogP contribution in [-0.2, 0) is 12.7 Å². The van der Waals surface area contributed by atoms with Crippen LogP contribution >= 0.6 is 11.3 Å². The van der Waals surface area contributed by atoms with E-state index >= 15 is 0 Å². The number of rotatable bonds is 4. The third-order valence-electron chi connectivity index (χ3n) is 3.34. The number of hydrogen-bond donors (Lipinski definition) is 1. The number of nitro benzene ring substituents is 1. The van der Waals surface area contributed by atoms with Crippen LogP contribution < -0.4 is 5.32 Å².